The Bertz CT molecular complexity index is 514. The summed E-state index contributed by atoms with van der Waals surface area (Å²) in [6.45, 7) is 1.30. The van der Waals surface area contributed by atoms with Crippen molar-refractivity contribution < 1.29 is 13.5 Å². The second kappa shape index (κ2) is 6.76. The van der Waals surface area contributed by atoms with Crippen LogP contribution in [0.15, 0.2) is 35.8 Å². The minimum Gasteiger partial charge on any atom is -0.435 e. The number of halogens is 2. The molecule has 0 aliphatic carbocycles. The van der Waals surface area contributed by atoms with E-state index >= 15 is 0 Å². The van der Waals surface area contributed by atoms with Gasteiger partial charge in [-0.2, -0.15) is 8.78 Å². The summed E-state index contributed by atoms with van der Waals surface area (Å²) in [5.74, 6) is 0.159. The molecule has 0 saturated carbocycles. The van der Waals surface area contributed by atoms with E-state index < -0.39 is 6.61 Å². The first-order chi connectivity index (χ1) is 9.56. The highest BCUT2D eigenvalue weighted by atomic mass is 32.1. The molecule has 0 bridgehead atoms. The van der Waals surface area contributed by atoms with E-state index in [0.29, 0.717) is 0 Å². The molecule has 2 rings (SSSR count). The van der Waals surface area contributed by atoms with Crippen molar-refractivity contribution in [1.29, 1.82) is 0 Å². The van der Waals surface area contributed by atoms with Gasteiger partial charge in [0.05, 0.1) is 6.04 Å². The average molecular weight is 298 g/mol. The number of aromatic nitrogens is 1. The van der Waals surface area contributed by atoms with Gasteiger partial charge < -0.3 is 10.1 Å². The van der Waals surface area contributed by atoms with Gasteiger partial charge in [0.2, 0.25) is 0 Å². The summed E-state index contributed by atoms with van der Waals surface area (Å²) < 4.78 is 28.6. The summed E-state index contributed by atoms with van der Waals surface area (Å²) in [5.41, 5.74) is 0.968. The Morgan fingerprint density at radius 2 is 1.90 bits per heavy atom. The first kappa shape index (κ1) is 14.9. The first-order valence-electron chi connectivity index (χ1n) is 6.26. The molecule has 0 saturated heterocycles. The van der Waals surface area contributed by atoms with Crippen LogP contribution in [0.1, 0.15) is 30.5 Å². The largest absolute Gasteiger partial charge is 0.435 e. The van der Waals surface area contributed by atoms with E-state index in [-0.39, 0.29) is 17.8 Å². The standard InChI is InChI=1S/C14H16F2N2OS/c1-9(2)18-12(13-17-7-8-20-13)10-3-5-11(6-4-10)19-14(15)16/h3-9,12,14,18H,1-2H3. The summed E-state index contributed by atoms with van der Waals surface area (Å²) >= 11 is 1.56. The molecule has 1 aromatic carbocycles. The summed E-state index contributed by atoms with van der Waals surface area (Å²) in [6, 6.07) is 6.88. The molecule has 20 heavy (non-hydrogen) atoms. The van der Waals surface area contributed by atoms with Gasteiger partial charge in [0.15, 0.2) is 0 Å². The minimum atomic E-state index is -2.80. The van der Waals surface area contributed by atoms with Gasteiger partial charge in [-0.15, -0.1) is 11.3 Å². The van der Waals surface area contributed by atoms with Crippen LogP contribution in [0, 0.1) is 0 Å². The second-order valence-electron chi connectivity index (χ2n) is 4.57. The van der Waals surface area contributed by atoms with Crippen LogP contribution in [0.4, 0.5) is 8.78 Å². The van der Waals surface area contributed by atoms with Crippen molar-refractivity contribution in [3.8, 4) is 5.75 Å². The van der Waals surface area contributed by atoms with Gasteiger partial charge in [0.25, 0.3) is 0 Å². The number of alkyl halides is 2. The Kier molecular flexibility index (Phi) is 5.03. The lowest BCUT2D eigenvalue weighted by molar-refractivity contribution is -0.0498. The first-order valence-corrected chi connectivity index (χ1v) is 7.14. The number of nitrogens with one attached hydrogen (secondary N) is 1. The van der Waals surface area contributed by atoms with Gasteiger partial charge in [-0.3, -0.25) is 0 Å². The summed E-state index contributed by atoms with van der Waals surface area (Å²) in [5, 5.41) is 6.28. The summed E-state index contributed by atoms with van der Waals surface area (Å²) in [6.07, 6.45) is 1.75. The van der Waals surface area contributed by atoms with Crippen molar-refractivity contribution >= 4 is 11.3 Å². The molecule has 6 heteroatoms. The number of thiazole rings is 1. The Hall–Kier alpha value is -1.53. The molecule has 3 nitrogen and oxygen atoms in total. The fourth-order valence-electron chi connectivity index (χ4n) is 1.86. The van der Waals surface area contributed by atoms with E-state index in [4.69, 9.17) is 0 Å². The van der Waals surface area contributed by atoms with Gasteiger partial charge in [0, 0.05) is 17.6 Å². The third kappa shape index (κ3) is 3.98. The van der Waals surface area contributed by atoms with E-state index in [9.17, 15) is 8.78 Å². The van der Waals surface area contributed by atoms with Gasteiger partial charge in [0.1, 0.15) is 10.8 Å². The van der Waals surface area contributed by atoms with Crippen molar-refractivity contribution in [2.45, 2.75) is 32.5 Å². The average Bonchev–Trinajstić information content (AvgIpc) is 2.90. The van der Waals surface area contributed by atoms with E-state index in [2.05, 4.69) is 28.9 Å². The van der Waals surface area contributed by atoms with Crippen LogP contribution < -0.4 is 10.1 Å². The molecule has 0 amide bonds. The zero-order valence-electron chi connectivity index (χ0n) is 11.2. The second-order valence-corrected chi connectivity index (χ2v) is 5.50. The SMILES string of the molecule is CC(C)NC(c1ccc(OC(F)F)cc1)c1nccs1. The molecule has 1 aromatic heterocycles. The van der Waals surface area contributed by atoms with Crippen molar-refractivity contribution in [3.63, 3.8) is 0 Å². The van der Waals surface area contributed by atoms with Crippen LogP contribution in [0.5, 0.6) is 5.75 Å². The van der Waals surface area contributed by atoms with Gasteiger partial charge in [-0.1, -0.05) is 12.1 Å². The molecule has 1 unspecified atom stereocenters. The van der Waals surface area contributed by atoms with Crippen molar-refractivity contribution in [1.82, 2.24) is 10.3 Å². The predicted octanol–water partition coefficient (Wildman–Crippen LogP) is 3.83. The molecular formula is C14H16F2N2OS. The maximum atomic E-state index is 12.1. The van der Waals surface area contributed by atoms with Crippen LogP contribution in [0.25, 0.3) is 0 Å². The van der Waals surface area contributed by atoms with Gasteiger partial charge >= 0.3 is 6.61 Å². The lowest BCUT2D eigenvalue weighted by Gasteiger charge is -2.20. The summed E-state index contributed by atoms with van der Waals surface area (Å²) in [7, 11) is 0. The fraction of sp³-hybridized carbons (Fsp3) is 0.357. The maximum absolute atomic E-state index is 12.1. The van der Waals surface area contributed by atoms with Crippen molar-refractivity contribution in [2.24, 2.45) is 0 Å². The number of hydrogen-bond donors (Lipinski definition) is 1. The van der Waals surface area contributed by atoms with Crippen LogP contribution >= 0.6 is 11.3 Å². The Labute approximate surface area is 120 Å². The maximum Gasteiger partial charge on any atom is 0.387 e. The zero-order valence-corrected chi connectivity index (χ0v) is 12.0. The lowest BCUT2D eigenvalue weighted by Crippen LogP contribution is -2.28. The van der Waals surface area contributed by atoms with E-state index in [1.165, 1.54) is 0 Å². The number of benzene rings is 1. The zero-order chi connectivity index (χ0) is 14.5. The van der Waals surface area contributed by atoms with Gasteiger partial charge in [-0.25, -0.2) is 4.98 Å². The molecule has 2 aromatic rings. The smallest absolute Gasteiger partial charge is 0.387 e. The van der Waals surface area contributed by atoms with Crippen LogP contribution in [-0.2, 0) is 0 Å². The van der Waals surface area contributed by atoms with E-state index in [1.807, 2.05) is 5.38 Å². The molecule has 1 atom stereocenters. The normalized spacial score (nSPS) is 12.9. The molecule has 1 heterocycles. The fourth-order valence-corrected chi connectivity index (χ4v) is 2.59. The third-order valence-electron chi connectivity index (χ3n) is 2.64. The van der Waals surface area contributed by atoms with Crippen molar-refractivity contribution in [2.75, 3.05) is 0 Å². The molecule has 0 aliphatic rings. The molecule has 0 spiro atoms. The minimum absolute atomic E-state index is 0.0457. The molecule has 0 fully saturated rings. The Balaban J connectivity index is 2.20. The highest BCUT2D eigenvalue weighted by molar-refractivity contribution is 7.09. The molecule has 1 N–H and O–H groups in total. The lowest BCUT2D eigenvalue weighted by atomic mass is 10.1. The van der Waals surface area contributed by atoms with Crippen LogP contribution in [-0.4, -0.2) is 17.6 Å². The monoisotopic (exact) mass is 298 g/mol. The van der Waals surface area contributed by atoms with E-state index in [0.717, 1.165) is 10.6 Å². The highest BCUT2D eigenvalue weighted by Crippen LogP contribution is 2.26. The number of rotatable bonds is 6. The molecule has 108 valence electrons. The van der Waals surface area contributed by atoms with E-state index in [1.54, 1.807) is 41.8 Å². The topological polar surface area (TPSA) is 34.1 Å². The highest BCUT2D eigenvalue weighted by Gasteiger charge is 2.17. The van der Waals surface area contributed by atoms with Crippen LogP contribution in [0.2, 0.25) is 0 Å². The Morgan fingerprint density at radius 3 is 2.40 bits per heavy atom. The number of hydrogen-bond acceptors (Lipinski definition) is 4. The number of nitrogens with zero attached hydrogens (tertiary/aromatic N) is 1. The van der Waals surface area contributed by atoms with Crippen LogP contribution in [0.3, 0.4) is 0 Å². The number of ether oxygens (including phenoxy) is 1. The molecule has 0 radical (unpaired) electrons. The summed E-state index contributed by atoms with van der Waals surface area (Å²) in [4.78, 5) is 4.32. The third-order valence-corrected chi connectivity index (χ3v) is 3.48. The predicted molar refractivity (Wildman–Crippen MR) is 75.3 cm³/mol. The molecular weight excluding hydrogens is 282 g/mol. The Morgan fingerprint density at radius 1 is 1.20 bits per heavy atom. The molecule has 0 aliphatic heterocycles. The quantitative estimate of drug-likeness (QED) is 0.880. The van der Waals surface area contributed by atoms with Crippen molar-refractivity contribution in [3.05, 3.63) is 46.4 Å². The van der Waals surface area contributed by atoms with Gasteiger partial charge in [-0.05, 0) is 31.5 Å².